The van der Waals surface area contributed by atoms with Gasteiger partial charge in [-0.15, -0.1) is 0 Å². The highest BCUT2D eigenvalue weighted by atomic mass is 16.7. The first kappa shape index (κ1) is 10.9. The molecule has 0 spiro atoms. The van der Waals surface area contributed by atoms with Crippen molar-refractivity contribution in [1.82, 2.24) is 4.90 Å². The van der Waals surface area contributed by atoms with Gasteiger partial charge in [0.15, 0.2) is 6.29 Å². The first-order chi connectivity index (χ1) is 6.06. The molecule has 5 nitrogen and oxygen atoms in total. The molecule has 78 valence electrons. The predicted octanol–water partition coefficient (Wildman–Crippen LogP) is -0.697. The summed E-state index contributed by atoms with van der Waals surface area (Å²) >= 11 is 0. The summed E-state index contributed by atoms with van der Waals surface area (Å²) in [6.45, 7) is 1.92. The number of aliphatic hydroxyl groups is 1. The highest BCUT2D eigenvalue weighted by Gasteiger charge is 2.38. The normalized spacial score (nSPS) is 41.1. The van der Waals surface area contributed by atoms with Crippen molar-refractivity contribution in [3.8, 4) is 0 Å². The fourth-order valence-electron chi connectivity index (χ4n) is 1.70. The Hall–Kier alpha value is -0.200. The summed E-state index contributed by atoms with van der Waals surface area (Å²) in [6.07, 6.45) is -0.549. The van der Waals surface area contributed by atoms with Crippen molar-refractivity contribution in [3.05, 3.63) is 0 Å². The van der Waals surface area contributed by atoms with Crippen LogP contribution in [-0.4, -0.2) is 48.6 Å². The van der Waals surface area contributed by atoms with E-state index in [0.29, 0.717) is 0 Å². The molecule has 3 unspecified atom stereocenters. The zero-order valence-corrected chi connectivity index (χ0v) is 8.30. The van der Waals surface area contributed by atoms with E-state index in [1.807, 2.05) is 25.9 Å². The van der Waals surface area contributed by atoms with E-state index < -0.39 is 12.4 Å². The number of ether oxygens (including phenoxy) is 1. The zero-order chi connectivity index (χ0) is 10.0. The first-order valence-electron chi connectivity index (χ1n) is 4.41. The van der Waals surface area contributed by atoms with Crippen molar-refractivity contribution in [1.29, 1.82) is 0 Å². The molecule has 1 aliphatic heterocycles. The van der Waals surface area contributed by atoms with Crippen LogP contribution in [0.1, 0.15) is 13.3 Å². The van der Waals surface area contributed by atoms with E-state index in [1.165, 1.54) is 0 Å². The molecule has 1 fully saturated rings. The zero-order valence-electron chi connectivity index (χ0n) is 8.30. The molecule has 1 saturated heterocycles. The summed E-state index contributed by atoms with van der Waals surface area (Å²) in [5, 5.41) is 9.50. The molecule has 0 aromatic rings. The van der Waals surface area contributed by atoms with E-state index in [4.69, 9.17) is 15.5 Å². The Morgan fingerprint density at radius 3 is 2.62 bits per heavy atom. The molecular weight excluding hydrogens is 172 g/mol. The third kappa shape index (κ3) is 2.38. The number of hydrogen-bond acceptors (Lipinski definition) is 5. The van der Waals surface area contributed by atoms with Gasteiger partial charge in [0, 0.05) is 6.04 Å². The van der Waals surface area contributed by atoms with Gasteiger partial charge in [-0.3, -0.25) is 4.84 Å². The van der Waals surface area contributed by atoms with Gasteiger partial charge in [0.2, 0.25) is 0 Å². The Bertz CT molecular complexity index is 165. The Balaban J connectivity index is 2.66. The minimum atomic E-state index is -0.929. The lowest BCUT2D eigenvalue weighted by Gasteiger charge is -2.40. The Kier molecular flexibility index (Phi) is 3.63. The van der Waals surface area contributed by atoms with Gasteiger partial charge in [0.05, 0.1) is 6.10 Å². The van der Waals surface area contributed by atoms with Gasteiger partial charge in [-0.1, -0.05) is 0 Å². The summed E-state index contributed by atoms with van der Waals surface area (Å²) in [7, 11) is 3.86. The van der Waals surface area contributed by atoms with Crippen LogP contribution in [0.5, 0.6) is 0 Å². The van der Waals surface area contributed by atoms with Crippen molar-refractivity contribution >= 4 is 0 Å². The van der Waals surface area contributed by atoms with Crippen LogP contribution in [-0.2, 0) is 9.57 Å². The van der Waals surface area contributed by atoms with E-state index in [0.717, 1.165) is 6.42 Å². The van der Waals surface area contributed by atoms with Gasteiger partial charge in [0.25, 0.3) is 0 Å². The second-order valence-corrected chi connectivity index (χ2v) is 3.70. The number of rotatable bonds is 2. The molecule has 4 atom stereocenters. The Labute approximate surface area is 78.4 Å². The molecule has 5 heteroatoms. The molecule has 0 aliphatic carbocycles. The van der Waals surface area contributed by atoms with E-state index in [2.05, 4.69) is 0 Å². The number of aliphatic hydroxyl groups excluding tert-OH is 1. The van der Waals surface area contributed by atoms with Crippen LogP contribution in [0.15, 0.2) is 0 Å². The van der Waals surface area contributed by atoms with Gasteiger partial charge in [-0.2, -0.15) is 0 Å². The van der Waals surface area contributed by atoms with Gasteiger partial charge in [-0.05, 0) is 27.4 Å². The number of hydrogen-bond donors (Lipinski definition) is 2. The lowest BCUT2D eigenvalue weighted by Crippen LogP contribution is -2.55. The topological polar surface area (TPSA) is 68.0 Å². The van der Waals surface area contributed by atoms with Gasteiger partial charge in [0.1, 0.15) is 6.10 Å². The SMILES string of the molecule is CC1CC(N(C)C)[C@@H](ON)C(O)O1. The van der Waals surface area contributed by atoms with Crippen LogP contribution in [0, 0.1) is 0 Å². The van der Waals surface area contributed by atoms with Crippen molar-refractivity contribution in [2.24, 2.45) is 5.90 Å². The highest BCUT2D eigenvalue weighted by Crippen LogP contribution is 2.22. The second kappa shape index (κ2) is 4.34. The van der Waals surface area contributed by atoms with Gasteiger partial charge >= 0.3 is 0 Å². The van der Waals surface area contributed by atoms with Gasteiger partial charge in [-0.25, -0.2) is 5.90 Å². The number of nitrogens with two attached hydrogens (primary N) is 1. The maximum absolute atomic E-state index is 9.50. The summed E-state index contributed by atoms with van der Waals surface area (Å²) in [5.41, 5.74) is 0. The van der Waals surface area contributed by atoms with Crippen LogP contribution in [0.25, 0.3) is 0 Å². The highest BCUT2D eigenvalue weighted by molar-refractivity contribution is 4.85. The number of likely N-dealkylation sites (N-methyl/N-ethyl adjacent to an activating group) is 1. The molecule has 0 saturated carbocycles. The molecule has 1 rings (SSSR count). The number of nitrogens with zero attached hydrogens (tertiary/aromatic N) is 1. The third-order valence-corrected chi connectivity index (χ3v) is 2.43. The Morgan fingerprint density at radius 1 is 1.54 bits per heavy atom. The van der Waals surface area contributed by atoms with E-state index in [1.54, 1.807) is 0 Å². The largest absolute Gasteiger partial charge is 0.366 e. The van der Waals surface area contributed by atoms with Crippen LogP contribution in [0.2, 0.25) is 0 Å². The molecular formula is C8H18N2O3. The summed E-state index contributed by atoms with van der Waals surface area (Å²) < 4.78 is 5.19. The average molecular weight is 190 g/mol. The predicted molar refractivity (Wildman–Crippen MR) is 47.7 cm³/mol. The fourth-order valence-corrected chi connectivity index (χ4v) is 1.70. The molecule has 0 amide bonds. The Morgan fingerprint density at radius 2 is 2.15 bits per heavy atom. The maximum Gasteiger partial charge on any atom is 0.184 e. The van der Waals surface area contributed by atoms with E-state index >= 15 is 0 Å². The van der Waals surface area contributed by atoms with Crippen molar-refractivity contribution in [2.75, 3.05) is 14.1 Å². The maximum atomic E-state index is 9.50. The first-order valence-corrected chi connectivity index (χ1v) is 4.41. The van der Waals surface area contributed by atoms with Crippen molar-refractivity contribution in [3.63, 3.8) is 0 Å². The van der Waals surface area contributed by atoms with Crippen LogP contribution >= 0.6 is 0 Å². The van der Waals surface area contributed by atoms with Gasteiger partial charge < -0.3 is 14.7 Å². The monoisotopic (exact) mass is 190 g/mol. The molecule has 1 aliphatic rings. The lowest BCUT2D eigenvalue weighted by molar-refractivity contribution is -0.244. The smallest absolute Gasteiger partial charge is 0.184 e. The van der Waals surface area contributed by atoms with Crippen molar-refractivity contribution < 1.29 is 14.7 Å². The standard InChI is InChI=1S/C8H18N2O3/c1-5-4-6(10(2)3)7(13-9)8(11)12-5/h5-8,11H,4,9H2,1-3H3/t5?,6?,7-,8?/m1/s1. The molecule has 0 radical (unpaired) electrons. The molecule has 0 bridgehead atoms. The quantitative estimate of drug-likeness (QED) is 0.564. The van der Waals surface area contributed by atoms with Crippen LogP contribution < -0.4 is 5.90 Å². The van der Waals surface area contributed by atoms with E-state index in [-0.39, 0.29) is 12.1 Å². The van der Waals surface area contributed by atoms with Crippen LogP contribution in [0.3, 0.4) is 0 Å². The molecule has 13 heavy (non-hydrogen) atoms. The minimum absolute atomic E-state index is 0.0359. The summed E-state index contributed by atoms with van der Waals surface area (Å²) in [5.74, 6) is 5.10. The molecule has 0 aromatic carbocycles. The minimum Gasteiger partial charge on any atom is -0.366 e. The average Bonchev–Trinajstić information content (AvgIpc) is 2.02. The summed E-state index contributed by atoms with van der Waals surface area (Å²) in [4.78, 5) is 6.69. The second-order valence-electron chi connectivity index (χ2n) is 3.70. The fraction of sp³-hybridized carbons (Fsp3) is 1.00. The van der Waals surface area contributed by atoms with Crippen molar-refractivity contribution in [2.45, 2.75) is 37.9 Å². The van der Waals surface area contributed by atoms with E-state index in [9.17, 15) is 5.11 Å². The molecule has 1 heterocycles. The summed E-state index contributed by atoms with van der Waals surface area (Å²) in [6, 6.07) is 0.101. The lowest BCUT2D eigenvalue weighted by atomic mass is 9.99. The molecule has 3 N–H and O–H groups in total. The third-order valence-electron chi connectivity index (χ3n) is 2.43. The van der Waals surface area contributed by atoms with Crippen LogP contribution in [0.4, 0.5) is 0 Å². The molecule has 0 aromatic heterocycles.